The van der Waals surface area contributed by atoms with Crippen LogP contribution in [-0.4, -0.2) is 101 Å². The smallest absolute Gasteiger partial charge is 0.293 e. The highest BCUT2D eigenvalue weighted by Crippen LogP contribution is 2.26. The summed E-state index contributed by atoms with van der Waals surface area (Å²) in [6.45, 7) is -3.00. The number of hydrogen-bond acceptors (Lipinski definition) is 15. The Bertz CT molecular complexity index is 784. The number of carbonyl (C=O) groups is 5. The number of nitro groups is 3. The predicted octanol–water partition coefficient (Wildman–Crippen LogP) is -5.11. The van der Waals surface area contributed by atoms with Crippen molar-refractivity contribution in [2.24, 2.45) is 22.9 Å². The van der Waals surface area contributed by atoms with Gasteiger partial charge in [-0.3, -0.25) is 54.3 Å². The summed E-state index contributed by atoms with van der Waals surface area (Å²) in [6.07, 6.45) is 0. The molecule has 0 atom stereocenters. The quantitative estimate of drug-likeness (QED) is 0.0431. The highest BCUT2D eigenvalue weighted by molar-refractivity contribution is 6.76. The average Bonchev–Trinajstić information content (AvgIpc) is 2.78. The van der Waals surface area contributed by atoms with Gasteiger partial charge in [-0.1, -0.05) is 34.8 Å². The van der Waals surface area contributed by atoms with Crippen molar-refractivity contribution in [2.75, 3.05) is 52.7 Å². The summed E-state index contributed by atoms with van der Waals surface area (Å²) in [5.74, 6) is -3.45. The first-order chi connectivity index (χ1) is 17.9. The van der Waals surface area contributed by atoms with Crippen LogP contribution in [0.3, 0.4) is 0 Å². The number of alkyl halides is 3. The molecule has 39 heavy (non-hydrogen) atoms. The molecule has 0 fully saturated rings. The van der Waals surface area contributed by atoms with Gasteiger partial charge in [0.1, 0.15) is 0 Å². The van der Waals surface area contributed by atoms with E-state index in [0.717, 1.165) is 0 Å². The second kappa shape index (κ2) is 26.1. The van der Waals surface area contributed by atoms with E-state index in [1.54, 1.807) is 0 Å². The minimum atomic E-state index is -2.17. The zero-order valence-electron chi connectivity index (χ0n) is 19.9. The number of amides is 4. The molecule has 0 aromatic rings. The summed E-state index contributed by atoms with van der Waals surface area (Å²) < 4.78 is -2.17. The lowest BCUT2D eigenvalue weighted by atomic mass is 10.4. The maximum absolute atomic E-state index is 10.6. The van der Waals surface area contributed by atoms with E-state index in [4.69, 9.17) is 46.3 Å². The molecule has 0 spiro atoms. The molecule has 0 heterocycles. The van der Waals surface area contributed by atoms with Crippen molar-refractivity contribution in [3.63, 3.8) is 0 Å². The van der Waals surface area contributed by atoms with Gasteiger partial charge in [-0.25, -0.2) is 0 Å². The van der Waals surface area contributed by atoms with Crippen LogP contribution in [0.4, 0.5) is 0 Å². The molecule has 0 unspecified atom stereocenters. The normalized spacial score (nSPS) is 9.31. The summed E-state index contributed by atoms with van der Waals surface area (Å²) in [4.78, 5) is 79.4. The Morgan fingerprint density at radius 1 is 0.590 bits per heavy atom. The lowest BCUT2D eigenvalue weighted by Crippen LogP contribution is -2.41. The fourth-order valence-electron chi connectivity index (χ4n) is 1.18. The summed E-state index contributed by atoms with van der Waals surface area (Å²) >= 11 is 15.0. The molecule has 0 radical (unpaired) electrons. The number of ketones is 1. The summed E-state index contributed by atoms with van der Waals surface area (Å²) in [6, 6.07) is 0. The topological polar surface area (TPSA) is 367 Å². The molecular weight excluding hydrogens is 605 g/mol. The second-order valence-corrected chi connectivity index (χ2v) is 8.07. The fourth-order valence-corrected chi connectivity index (χ4v) is 1.36. The summed E-state index contributed by atoms with van der Waals surface area (Å²) in [5, 5.41) is 38.0. The number of hydrogen-bond donors (Lipinski definition) is 8. The maximum atomic E-state index is 10.6. The number of Topliss-reactive ketones (excluding diaryl/α,β-unsaturated/α-hetero) is 1. The van der Waals surface area contributed by atoms with E-state index in [-0.39, 0.29) is 44.9 Å². The van der Waals surface area contributed by atoms with E-state index < -0.39 is 55.8 Å². The van der Waals surface area contributed by atoms with Crippen LogP contribution < -0.4 is 44.2 Å². The van der Waals surface area contributed by atoms with Gasteiger partial charge in [-0.05, 0) is 0 Å². The van der Waals surface area contributed by atoms with E-state index in [9.17, 15) is 54.3 Å². The van der Waals surface area contributed by atoms with Crippen LogP contribution >= 0.6 is 34.8 Å². The number of halogens is 3. The molecule has 0 aliphatic heterocycles. The summed E-state index contributed by atoms with van der Waals surface area (Å²) in [5.41, 5.74) is 19.2. The first kappa shape index (κ1) is 42.5. The van der Waals surface area contributed by atoms with E-state index in [1.807, 2.05) is 10.6 Å². The third-order valence-electron chi connectivity index (χ3n) is 2.65. The minimum absolute atomic E-state index is 0.0755. The zero-order valence-corrected chi connectivity index (χ0v) is 22.2. The number of nitrogens with one attached hydrogen (secondary N) is 4. The standard InChI is InChI=1S/C5H8N4O6.C5H12N4O2.C3H2Cl3NO3.CH6N2/c10-4(1-8(12)13)6-3-7-5(11)2-9(14)15;6-1-4(10)8-3-9-5(11)2-7;4-3(5,6)2(8)1-7(9)10;2-1-3/h1-3H2,(H,6,10)(H,7,11);1-3,6-7H2,(H,8,10)(H,9,11);1H2;1-3H2. The zero-order chi connectivity index (χ0) is 31.6. The van der Waals surface area contributed by atoms with Crippen LogP contribution in [0.2, 0.25) is 0 Å². The fraction of sp³-hybridized carbons (Fsp3) is 0.643. The van der Waals surface area contributed by atoms with Crippen molar-refractivity contribution in [2.45, 2.75) is 3.79 Å². The van der Waals surface area contributed by atoms with Gasteiger partial charge in [0, 0.05) is 21.4 Å². The van der Waals surface area contributed by atoms with Crippen molar-refractivity contribution in [3.05, 3.63) is 30.3 Å². The van der Waals surface area contributed by atoms with Gasteiger partial charge in [-0.15, -0.1) is 0 Å². The second-order valence-electron chi connectivity index (χ2n) is 5.79. The Hall–Kier alpha value is -3.54. The molecule has 0 aliphatic carbocycles. The molecule has 0 aromatic heterocycles. The molecule has 0 saturated heterocycles. The Balaban J connectivity index is -0.000000229. The van der Waals surface area contributed by atoms with E-state index >= 15 is 0 Å². The Morgan fingerprint density at radius 2 is 0.846 bits per heavy atom. The highest BCUT2D eigenvalue weighted by Gasteiger charge is 2.33. The van der Waals surface area contributed by atoms with Crippen LogP contribution in [0.5, 0.6) is 0 Å². The molecule has 22 nitrogen and oxygen atoms in total. The third kappa shape index (κ3) is 39.1. The highest BCUT2D eigenvalue weighted by atomic mass is 35.6. The van der Waals surface area contributed by atoms with Gasteiger partial charge in [0.05, 0.1) is 26.4 Å². The van der Waals surface area contributed by atoms with Crippen LogP contribution in [0, 0.1) is 30.3 Å². The molecular formula is C14H28Cl3N11O11. The number of nitrogens with zero attached hydrogens (tertiary/aromatic N) is 3. The van der Waals surface area contributed by atoms with Crippen LogP contribution in [0.15, 0.2) is 0 Å². The molecule has 0 saturated carbocycles. The molecule has 25 heteroatoms. The SMILES string of the molecule is NCC(=O)NCNC(=O)CN.NCN.O=C(C[N+](=O)[O-])C(Cl)(Cl)Cl.O=C(C[N+](=O)[O-])NCNC(=O)C[N+](=O)[O-]. The van der Waals surface area contributed by atoms with E-state index in [0.29, 0.717) is 0 Å². The molecule has 4 amide bonds. The Morgan fingerprint density at radius 3 is 1.03 bits per heavy atom. The molecule has 12 N–H and O–H groups in total. The largest absolute Gasteiger partial charge is 0.338 e. The number of carbonyl (C=O) groups excluding carboxylic acids is 5. The minimum Gasteiger partial charge on any atom is -0.338 e. The molecule has 0 aromatic carbocycles. The lowest BCUT2D eigenvalue weighted by Gasteiger charge is -2.03. The van der Waals surface area contributed by atoms with Gasteiger partial charge in [-0.2, -0.15) is 0 Å². The first-order valence-corrected chi connectivity index (χ1v) is 10.8. The number of nitrogens with two attached hydrogens (primary N) is 4. The van der Waals surface area contributed by atoms with Crippen molar-refractivity contribution in [1.82, 2.24) is 21.3 Å². The van der Waals surface area contributed by atoms with E-state index in [1.165, 1.54) is 0 Å². The summed E-state index contributed by atoms with van der Waals surface area (Å²) in [7, 11) is 0. The van der Waals surface area contributed by atoms with Gasteiger partial charge < -0.3 is 44.2 Å². The first-order valence-electron chi connectivity index (χ1n) is 9.70. The molecule has 0 aliphatic rings. The van der Waals surface area contributed by atoms with E-state index in [2.05, 4.69) is 22.1 Å². The van der Waals surface area contributed by atoms with Crippen molar-refractivity contribution >= 4 is 64.2 Å². The van der Waals surface area contributed by atoms with Gasteiger partial charge in [0.15, 0.2) is 0 Å². The molecule has 226 valence electrons. The van der Waals surface area contributed by atoms with Crippen molar-refractivity contribution in [3.8, 4) is 0 Å². The predicted molar refractivity (Wildman–Crippen MR) is 135 cm³/mol. The third-order valence-corrected chi connectivity index (χ3v) is 3.28. The average molecular weight is 633 g/mol. The number of rotatable bonds is 12. The lowest BCUT2D eigenvalue weighted by molar-refractivity contribution is -0.468. The Labute approximate surface area is 234 Å². The molecule has 0 bridgehead atoms. The van der Waals surface area contributed by atoms with Crippen LogP contribution in [-0.2, 0) is 24.0 Å². The van der Waals surface area contributed by atoms with Crippen molar-refractivity contribution < 1.29 is 38.7 Å². The maximum Gasteiger partial charge on any atom is 0.293 e. The Kier molecular flexibility index (Phi) is 28.5. The van der Waals surface area contributed by atoms with Gasteiger partial charge in [0.2, 0.25) is 11.8 Å². The van der Waals surface area contributed by atoms with Gasteiger partial charge in [0.25, 0.3) is 41.0 Å². The monoisotopic (exact) mass is 631 g/mol. The van der Waals surface area contributed by atoms with Crippen LogP contribution in [0.25, 0.3) is 0 Å². The molecule has 0 rings (SSSR count). The van der Waals surface area contributed by atoms with Gasteiger partial charge >= 0.3 is 0 Å². The van der Waals surface area contributed by atoms with Crippen LogP contribution in [0.1, 0.15) is 0 Å². The van der Waals surface area contributed by atoms with Crippen molar-refractivity contribution in [1.29, 1.82) is 0 Å².